The van der Waals surface area contributed by atoms with Crippen molar-refractivity contribution in [2.45, 2.75) is 25.7 Å². The van der Waals surface area contributed by atoms with Crippen molar-refractivity contribution in [2.75, 3.05) is 27.3 Å². The number of likely N-dealkylation sites (tertiary alicyclic amines) is 1. The number of hydrogen-bond donors (Lipinski definition) is 0. The Morgan fingerprint density at radius 2 is 2.04 bits per heavy atom. The lowest BCUT2D eigenvalue weighted by Gasteiger charge is -2.30. The van der Waals surface area contributed by atoms with Crippen LogP contribution in [-0.4, -0.2) is 52.7 Å². The number of ether oxygens (including phenoxy) is 2. The number of carbonyl (C=O) groups is 1. The maximum Gasteiger partial charge on any atom is 0.219 e. The summed E-state index contributed by atoms with van der Waals surface area (Å²) in [5.74, 6) is 2.45. The van der Waals surface area contributed by atoms with E-state index in [4.69, 9.17) is 19.6 Å². The normalized spacial score (nSPS) is 17.0. The molecule has 1 amide bonds. The highest BCUT2D eigenvalue weighted by atomic mass is 16.5. The molecule has 7 heteroatoms. The average Bonchev–Trinajstić information content (AvgIpc) is 3.16. The molecule has 1 aliphatic rings. The standard InChI is InChI=1S/C21H24N4O3/c1-14(26)24-11-5-6-16(12-24)21-22-19-10-9-15(13-25(19)23-21)17-7-4-8-18(27-2)20(17)28-3/h4,7-10,13,16H,5-6,11-12H2,1-3H3/t16-/m0/s1. The summed E-state index contributed by atoms with van der Waals surface area (Å²) >= 11 is 0. The molecular weight excluding hydrogens is 356 g/mol. The predicted octanol–water partition coefficient (Wildman–Crippen LogP) is 3.14. The molecule has 0 spiro atoms. The minimum Gasteiger partial charge on any atom is -0.493 e. The zero-order valence-electron chi connectivity index (χ0n) is 16.4. The molecule has 0 unspecified atom stereocenters. The number of fused-ring (bicyclic) bond motifs is 1. The van der Waals surface area contributed by atoms with Crippen LogP contribution in [0.1, 0.15) is 31.5 Å². The third-order valence-corrected chi connectivity index (χ3v) is 5.29. The molecule has 3 aromatic rings. The maximum atomic E-state index is 11.7. The first-order valence-electron chi connectivity index (χ1n) is 9.44. The molecule has 4 rings (SSSR count). The second-order valence-corrected chi connectivity index (χ2v) is 7.04. The molecule has 1 aromatic carbocycles. The van der Waals surface area contributed by atoms with Crippen LogP contribution in [0.25, 0.3) is 16.8 Å². The molecular formula is C21H24N4O3. The zero-order valence-corrected chi connectivity index (χ0v) is 16.4. The summed E-state index contributed by atoms with van der Waals surface area (Å²) in [5.41, 5.74) is 2.69. The first-order chi connectivity index (χ1) is 13.6. The summed E-state index contributed by atoms with van der Waals surface area (Å²) in [6.07, 6.45) is 3.93. The number of nitrogens with zero attached hydrogens (tertiary/aromatic N) is 4. The smallest absolute Gasteiger partial charge is 0.219 e. The Balaban J connectivity index is 1.69. The SMILES string of the molecule is COc1cccc(-c2ccc3nc([C@H]4CCCN(C(C)=O)C4)nn3c2)c1OC. The van der Waals surface area contributed by atoms with Crippen molar-refractivity contribution < 1.29 is 14.3 Å². The topological polar surface area (TPSA) is 69.0 Å². The molecule has 1 fully saturated rings. The van der Waals surface area contributed by atoms with Crippen LogP contribution in [0.2, 0.25) is 0 Å². The zero-order chi connectivity index (χ0) is 19.7. The fourth-order valence-electron chi connectivity index (χ4n) is 3.82. The van der Waals surface area contributed by atoms with E-state index in [1.54, 1.807) is 25.7 Å². The van der Waals surface area contributed by atoms with Crippen LogP contribution in [0.15, 0.2) is 36.5 Å². The number of benzene rings is 1. The number of aromatic nitrogens is 3. The van der Waals surface area contributed by atoms with Gasteiger partial charge >= 0.3 is 0 Å². The van der Waals surface area contributed by atoms with E-state index < -0.39 is 0 Å². The summed E-state index contributed by atoms with van der Waals surface area (Å²) in [6, 6.07) is 9.76. The molecule has 0 N–H and O–H groups in total. The molecule has 0 radical (unpaired) electrons. The molecule has 1 atom stereocenters. The van der Waals surface area contributed by atoms with Gasteiger partial charge in [-0.1, -0.05) is 12.1 Å². The van der Waals surface area contributed by atoms with E-state index in [0.717, 1.165) is 42.0 Å². The number of piperidine rings is 1. The third kappa shape index (κ3) is 3.28. The van der Waals surface area contributed by atoms with Gasteiger partial charge in [-0.15, -0.1) is 0 Å². The lowest BCUT2D eigenvalue weighted by atomic mass is 9.97. The van der Waals surface area contributed by atoms with Gasteiger partial charge in [0.25, 0.3) is 0 Å². The minimum absolute atomic E-state index is 0.112. The van der Waals surface area contributed by atoms with Crippen molar-refractivity contribution in [1.29, 1.82) is 0 Å². The Bertz CT molecular complexity index is 1010. The average molecular weight is 380 g/mol. The number of para-hydroxylation sites is 1. The Morgan fingerprint density at radius 3 is 2.79 bits per heavy atom. The quantitative estimate of drug-likeness (QED) is 0.696. The van der Waals surface area contributed by atoms with Crippen LogP contribution < -0.4 is 9.47 Å². The number of amides is 1. The number of methoxy groups -OCH3 is 2. The Hall–Kier alpha value is -3.09. The number of rotatable bonds is 4. The first kappa shape index (κ1) is 18.3. The highest BCUT2D eigenvalue weighted by Gasteiger charge is 2.26. The van der Waals surface area contributed by atoms with Gasteiger partial charge in [-0.25, -0.2) is 9.50 Å². The second-order valence-electron chi connectivity index (χ2n) is 7.04. The fraction of sp³-hybridized carbons (Fsp3) is 0.381. The summed E-state index contributed by atoms with van der Waals surface area (Å²) in [5, 5.41) is 4.71. The summed E-state index contributed by atoms with van der Waals surface area (Å²) in [7, 11) is 3.26. The van der Waals surface area contributed by atoms with Crippen molar-refractivity contribution >= 4 is 11.6 Å². The van der Waals surface area contributed by atoms with Crippen LogP contribution >= 0.6 is 0 Å². The lowest BCUT2D eigenvalue weighted by Crippen LogP contribution is -2.37. The molecule has 1 aliphatic heterocycles. The van der Waals surface area contributed by atoms with Crippen molar-refractivity contribution in [1.82, 2.24) is 19.5 Å². The van der Waals surface area contributed by atoms with E-state index >= 15 is 0 Å². The predicted molar refractivity (Wildman–Crippen MR) is 106 cm³/mol. The van der Waals surface area contributed by atoms with Crippen molar-refractivity contribution in [3.63, 3.8) is 0 Å². The number of pyridine rings is 1. The van der Waals surface area contributed by atoms with Gasteiger partial charge in [0, 0.05) is 43.3 Å². The van der Waals surface area contributed by atoms with E-state index in [0.29, 0.717) is 18.0 Å². The summed E-state index contributed by atoms with van der Waals surface area (Å²) in [4.78, 5) is 18.3. The van der Waals surface area contributed by atoms with Gasteiger partial charge in [-0.3, -0.25) is 4.79 Å². The Morgan fingerprint density at radius 1 is 1.18 bits per heavy atom. The van der Waals surface area contributed by atoms with Gasteiger partial charge < -0.3 is 14.4 Å². The van der Waals surface area contributed by atoms with E-state index in [1.807, 2.05) is 41.4 Å². The van der Waals surface area contributed by atoms with Crippen LogP contribution in [0, 0.1) is 0 Å². The maximum absolute atomic E-state index is 11.7. The van der Waals surface area contributed by atoms with E-state index in [-0.39, 0.29) is 11.8 Å². The molecule has 0 saturated carbocycles. The second kappa shape index (κ2) is 7.50. The van der Waals surface area contributed by atoms with Crippen LogP contribution in [0.4, 0.5) is 0 Å². The summed E-state index contributed by atoms with van der Waals surface area (Å²) < 4.78 is 12.8. The fourth-order valence-corrected chi connectivity index (χ4v) is 3.82. The van der Waals surface area contributed by atoms with Crippen molar-refractivity contribution in [2.24, 2.45) is 0 Å². The molecule has 28 heavy (non-hydrogen) atoms. The molecule has 3 heterocycles. The van der Waals surface area contributed by atoms with Crippen LogP contribution in [0.5, 0.6) is 11.5 Å². The Kier molecular flexibility index (Phi) is 4.90. The molecule has 1 saturated heterocycles. The highest BCUT2D eigenvalue weighted by molar-refractivity contribution is 5.74. The lowest BCUT2D eigenvalue weighted by molar-refractivity contribution is -0.130. The number of hydrogen-bond acceptors (Lipinski definition) is 5. The molecule has 0 bridgehead atoms. The van der Waals surface area contributed by atoms with E-state index in [9.17, 15) is 4.79 Å². The van der Waals surface area contributed by atoms with Gasteiger partial charge in [-0.05, 0) is 31.0 Å². The molecule has 2 aromatic heterocycles. The summed E-state index contributed by atoms with van der Waals surface area (Å²) in [6.45, 7) is 3.12. The van der Waals surface area contributed by atoms with Crippen LogP contribution in [-0.2, 0) is 4.79 Å². The molecule has 7 nitrogen and oxygen atoms in total. The number of carbonyl (C=O) groups excluding carboxylic acids is 1. The van der Waals surface area contributed by atoms with Gasteiger partial charge in [0.05, 0.1) is 14.2 Å². The van der Waals surface area contributed by atoms with Gasteiger partial charge in [0.2, 0.25) is 5.91 Å². The molecule has 146 valence electrons. The van der Waals surface area contributed by atoms with E-state index in [2.05, 4.69) is 0 Å². The van der Waals surface area contributed by atoms with Crippen molar-refractivity contribution in [3.8, 4) is 22.6 Å². The van der Waals surface area contributed by atoms with Gasteiger partial charge in [0.1, 0.15) is 0 Å². The van der Waals surface area contributed by atoms with Gasteiger partial charge in [0.15, 0.2) is 23.0 Å². The monoisotopic (exact) mass is 380 g/mol. The van der Waals surface area contributed by atoms with E-state index in [1.165, 1.54) is 0 Å². The Labute approximate surface area is 163 Å². The minimum atomic E-state index is 0.112. The van der Waals surface area contributed by atoms with Crippen LogP contribution in [0.3, 0.4) is 0 Å². The molecule has 0 aliphatic carbocycles. The van der Waals surface area contributed by atoms with Gasteiger partial charge in [-0.2, -0.15) is 5.10 Å². The van der Waals surface area contributed by atoms with Crippen molar-refractivity contribution in [3.05, 3.63) is 42.4 Å². The largest absolute Gasteiger partial charge is 0.493 e. The third-order valence-electron chi connectivity index (χ3n) is 5.29. The first-order valence-corrected chi connectivity index (χ1v) is 9.44. The highest BCUT2D eigenvalue weighted by Crippen LogP contribution is 2.37.